The Morgan fingerprint density at radius 3 is 2.60 bits per heavy atom. The van der Waals surface area contributed by atoms with E-state index in [1.54, 1.807) is 33.0 Å². The Bertz CT molecular complexity index is 454. The van der Waals surface area contributed by atoms with Gasteiger partial charge >= 0.3 is 12.1 Å². The first-order valence-corrected chi connectivity index (χ1v) is 6.40. The highest BCUT2D eigenvalue weighted by Gasteiger charge is 2.23. The van der Waals surface area contributed by atoms with Crippen LogP contribution in [0.4, 0.5) is 4.79 Å². The van der Waals surface area contributed by atoms with Gasteiger partial charge in [-0.25, -0.2) is 9.59 Å². The highest BCUT2D eigenvalue weighted by atomic mass is 16.6. The van der Waals surface area contributed by atoms with E-state index in [2.05, 4.69) is 10.3 Å². The molecular formula is C14H20N2O4. The predicted octanol–water partition coefficient (Wildman–Crippen LogP) is 1.99. The lowest BCUT2D eigenvalue weighted by Gasteiger charge is -2.21. The van der Waals surface area contributed by atoms with Crippen LogP contribution in [0.5, 0.6) is 0 Å². The zero-order chi connectivity index (χ0) is 15.2. The normalized spacial score (nSPS) is 12.6. The number of nitrogens with one attached hydrogen (secondary N) is 1. The molecular weight excluding hydrogens is 260 g/mol. The first-order chi connectivity index (χ1) is 9.28. The van der Waals surface area contributed by atoms with Crippen LogP contribution in [0.15, 0.2) is 24.4 Å². The van der Waals surface area contributed by atoms with Gasteiger partial charge in [0.2, 0.25) is 0 Å². The van der Waals surface area contributed by atoms with E-state index in [1.165, 1.54) is 0 Å². The second kappa shape index (κ2) is 6.88. The number of nitrogens with zero attached hydrogens (tertiary/aromatic N) is 1. The average molecular weight is 280 g/mol. The van der Waals surface area contributed by atoms with Gasteiger partial charge in [0, 0.05) is 11.9 Å². The molecule has 0 spiro atoms. The minimum absolute atomic E-state index is 0.256. The molecule has 0 bridgehead atoms. The SMILES string of the molecule is CC(C)(C)OC(=O)NC(CCc1ccccn1)C(=O)O. The summed E-state index contributed by atoms with van der Waals surface area (Å²) in [4.78, 5) is 26.8. The number of hydrogen-bond acceptors (Lipinski definition) is 4. The summed E-state index contributed by atoms with van der Waals surface area (Å²) in [6.45, 7) is 5.16. The van der Waals surface area contributed by atoms with E-state index in [-0.39, 0.29) is 6.42 Å². The van der Waals surface area contributed by atoms with E-state index >= 15 is 0 Å². The maximum absolute atomic E-state index is 11.6. The van der Waals surface area contributed by atoms with Crippen LogP contribution in [0.1, 0.15) is 32.9 Å². The second-order valence-corrected chi connectivity index (χ2v) is 5.40. The van der Waals surface area contributed by atoms with Crippen LogP contribution in [0.2, 0.25) is 0 Å². The van der Waals surface area contributed by atoms with Crippen LogP contribution in [-0.2, 0) is 16.0 Å². The van der Waals surface area contributed by atoms with E-state index in [0.29, 0.717) is 6.42 Å². The number of amides is 1. The van der Waals surface area contributed by atoms with Gasteiger partial charge in [-0.3, -0.25) is 4.98 Å². The summed E-state index contributed by atoms with van der Waals surface area (Å²) >= 11 is 0. The number of pyridine rings is 1. The van der Waals surface area contributed by atoms with E-state index in [9.17, 15) is 9.59 Å². The van der Waals surface area contributed by atoms with E-state index < -0.39 is 23.7 Å². The van der Waals surface area contributed by atoms with Crippen molar-refractivity contribution in [1.29, 1.82) is 0 Å². The smallest absolute Gasteiger partial charge is 0.408 e. The van der Waals surface area contributed by atoms with Crippen molar-refractivity contribution >= 4 is 12.1 Å². The molecule has 0 fully saturated rings. The molecule has 6 nitrogen and oxygen atoms in total. The molecule has 1 heterocycles. The van der Waals surface area contributed by atoms with Crippen molar-refractivity contribution in [2.75, 3.05) is 0 Å². The number of alkyl carbamates (subject to hydrolysis) is 1. The Hall–Kier alpha value is -2.11. The Morgan fingerprint density at radius 1 is 1.40 bits per heavy atom. The van der Waals surface area contributed by atoms with Gasteiger partial charge in [0.05, 0.1) is 0 Å². The lowest BCUT2D eigenvalue weighted by atomic mass is 10.1. The largest absolute Gasteiger partial charge is 0.480 e. The molecule has 0 aliphatic heterocycles. The fraction of sp³-hybridized carbons (Fsp3) is 0.500. The Labute approximate surface area is 118 Å². The predicted molar refractivity (Wildman–Crippen MR) is 73.4 cm³/mol. The zero-order valence-corrected chi connectivity index (χ0v) is 11.9. The average Bonchev–Trinajstić information content (AvgIpc) is 2.33. The number of carbonyl (C=O) groups excluding carboxylic acids is 1. The molecule has 1 rings (SSSR count). The van der Waals surface area contributed by atoms with Gasteiger partial charge in [0.1, 0.15) is 11.6 Å². The summed E-state index contributed by atoms with van der Waals surface area (Å²) in [5.74, 6) is -1.09. The fourth-order valence-corrected chi connectivity index (χ4v) is 1.55. The number of carbonyl (C=O) groups is 2. The van der Waals surface area contributed by atoms with Crippen LogP contribution < -0.4 is 5.32 Å². The van der Waals surface area contributed by atoms with Crippen molar-refractivity contribution in [3.05, 3.63) is 30.1 Å². The number of aromatic nitrogens is 1. The lowest BCUT2D eigenvalue weighted by Crippen LogP contribution is -2.43. The quantitative estimate of drug-likeness (QED) is 0.861. The van der Waals surface area contributed by atoms with Crippen LogP contribution in [0, 0.1) is 0 Å². The second-order valence-electron chi connectivity index (χ2n) is 5.40. The van der Waals surface area contributed by atoms with Crippen LogP contribution >= 0.6 is 0 Å². The molecule has 20 heavy (non-hydrogen) atoms. The number of ether oxygens (including phenoxy) is 1. The molecule has 0 aromatic carbocycles. The number of carboxylic acids is 1. The van der Waals surface area contributed by atoms with Gasteiger partial charge in [-0.15, -0.1) is 0 Å². The highest BCUT2D eigenvalue weighted by molar-refractivity contribution is 5.79. The lowest BCUT2D eigenvalue weighted by molar-refractivity contribution is -0.139. The molecule has 1 aromatic heterocycles. The molecule has 2 N–H and O–H groups in total. The molecule has 0 aliphatic carbocycles. The van der Waals surface area contributed by atoms with Crippen molar-refractivity contribution in [1.82, 2.24) is 10.3 Å². The zero-order valence-electron chi connectivity index (χ0n) is 11.9. The molecule has 6 heteroatoms. The van der Waals surface area contributed by atoms with Gasteiger partial charge in [0.25, 0.3) is 0 Å². The summed E-state index contributed by atoms with van der Waals surface area (Å²) in [5, 5.41) is 11.5. The third kappa shape index (κ3) is 6.17. The maximum atomic E-state index is 11.6. The summed E-state index contributed by atoms with van der Waals surface area (Å²) in [6, 6.07) is 4.44. The van der Waals surface area contributed by atoms with E-state index in [1.807, 2.05) is 12.1 Å². The molecule has 1 aromatic rings. The summed E-state index contributed by atoms with van der Waals surface area (Å²) in [6.07, 6.45) is 1.64. The standard InChI is InChI=1S/C14H20N2O4/c1-14(2,3)20-13(19)16-11(12(17)18)8-7-10-6-4-5-9-15-10/h4-6,9,11H,7-8H2,1-3H3,(H,16,19)(H,17,18). The first kappa shape index (κ1) is 15.9. The van der Waals surface area contributed by atoms with Crippen LogP contribution in [0.3, 0.4) is 0 Å². The molecule has 0 saturated carbocycles. The molecule has 1 atom stereocenters. The van der Waals surface area contributed by atoms with Gasteiger partial charge in [-0.05, 0) is 45.7 Å². The first-order valence-electron chi connectivity index (χ1n) is 6.40. The summed E-state index contributed by atoms with van der Waals surface area (Å²) in [7, 11) is 0. The van der Waals surface area contributed by atoms with Crippen LogP contribution in [0.25, 0.3) is 0 Å². The molecule has 0 aliphatic rings. The maximum Gasteiger partial charge on any atom is 0.408 e. The van der Waals surface area contributed by atoms with Gasteiger partial charge in [-0.1, -0.05) is 6.07 Å². The Morgan fingerprint density at radius 2 is 2.10 bits per heavy atom. The molecule has 0 radical (unpaired) electrons. The van der Waals surface area contributed by atoms with Crippen molar-refractivity contribution in [3.8, 4) is 0 Å². The van der Waals surface area contributed by atoms with Crippen molar-refractivity contribution in [2.45, 2.75) is 45.3 Å². The molecule has 0 saturated heterocycles. The van der Waals surface area contributed by atoms with Gasteiger partial charge in [0.15, 0.2) is 0 Å². The van der Waals surface area contributed by atoms with E-state index in [0.717, 1.165) is 5.69 Å². The molecule has 1 amide bonds. The number of aryl methyl sites for hydroxylation is 1. The molecule has 110 valence electrons. The number of rotatable bonds is 5. The minimum atomic E-state index is -1.09. The number of carboxylic acid groups (broad SMARTS) is 1. The third-order valence-corrected chi connectivity index (χ3v) is 2.40. The Balaban J connectivity index is 2.53. The van der Waals surface area contributed by atoms with E-state index in [4.69, 9.17) is 9.84 Å². The number of aliphatic carboxylic acids is 1. The summed E-state index contributed by atoms with van der Waals surface area (Å²) < 4.78 is 5.04. The third-order valence-electron chi connectivity index (χ3n) is 2.40. The summed E-state index contributed by atoms with van der Waals surface area (Å²) in [5.41, 5.74) is 0.124. The fourth-order valence-electron chi connectivity index (χ4n) is 1.55. The van der Waals surface area contributed by atoms with Gasteiger partial charge in [-0.2, -0.15) is 0 Å². The van der Waals surface area contributed by atoms with Gasteiger partial charge < -0.3 is 15.2 Å². The Kier molecular flexibility index (Phi) is 5.49. The monoisotopic (exact) mass is 280 g/mol. The van der Waals surface area contributed by atoms with Crippen LogP contribution in [-0.4, -0.2) is 33.8 Å². The van der Waals surface area contributed by atoms with Crippen molar-refractivity contribution in [2.24, 2.45) is 0 Å². The topological polar surface area (TPSA) is 88.5 Å². The van der Waals surface area contributed by atoms with Crippen molar-refractivity contribution in [3.63, 3.8) is 0 Å². The van der Waals surface area contributed by atoms with Crippen molar-refractivity contribution < 1.29 is 19.4 Å². The highest BCUT2D eigenvalue weighted by Crippen LogP contribution is 2.08. The number of hydrogen-bond donors (Lipinski definition) is 2. The molecule has 1 unspecified atom stereocenters. The minimum Gasteiger partial charge on any atom is -0.480 e.